The summed E-state index contributed by atoms with van der Waals surface area (Å²) in [5, 5.41) is 37.9. The van der Waals surface area contributed by atoms with E-state index in [0.29, 0.717) is 11.3 Å². The molecular weight excluding hydrogens is 322 g/mol. The number of carbonyl (C=O) groups excluding carboxylic acids is 2. The minimum atomic E-state index is -1.34. The van der Waals surface area contributed by atoms with Crippen molar-refractivity contribution in [3.05, 3.63) is 27.8 Å². The second kappa shape index (κ2) is 7.10. The number of aliphatic hydroxyl groups is 2. The van der Waals surface area contributed by atoms with Gasteiger partial charge in [0.05, 0.1) is 16.3 Å². The van der Waals surface area contributed by atoms with Crippen molar-refractivity contribution in [1.82, 2.24) is 5.32 Å². The van der Waals surface area contributed by atoms with E-state index in [0.717, 1.165) is 0 Å². The van der Waals surface area contributed by atoms with Crippen molar-refractivity contribution in [3.63, 3.8) is 0 Å². The molecule has 0 saturated carbocycles. The Morgan fingerprint density at radius 3 is 2.54 bits per heavy atom. The van der Waals surface area contributed by atoms with Gasteiger partial charge in [-0.1, -0.05) is 0 Å². The lowest BCUT2D eigenvalue weighted by molar-refractivity contribution is -0.384. The molecule has 24 heavy (non-hydrogen) atoms. The number of amides is 2. The lowest BCUT2D eigenvalue weighted by atomic mass is 10.1. The SMILES string of the molecule is NC(=O)CCC(=O)NCc1cc([N+](=O)[O-])cc2c1NC(O)C(O)N2. The predicted octanol–water partition coefficient (Wildman–Crippen LogP) is -1.05. The summed E-state index contributed by atoms with van der Waals surface area (Å²) in [5.41, 5.74) is 5.61. The van der Waals surface area contributed by atoms with Gasteiger partial charge in [-0.15, -0.1) is 0 Å². The van der Waals surface area contributed by atoms with Gasteiger partial charge in [-0.2, -0.15) is 0 Å². The van der Waals surface area contributed by atoms with E-state index in [9.17, 15) is 29.9 Å². The molecule has 0 aliphatic carbocycles. The Balaban J connectivity index is 2.20. The Bertz CT molecular complexity index is 679. The molecule has 0 radical (unpaired) electrons. The Kier molecular flexibility index (Phi) is 5.16. The van der Waals surface area contributed by atoms with Crippen LogP contribution in [0.15, 0.2) is 12.1 Å². The number of hydrogen-bond acceptors (Lipinski definition) is 8. The molecule has 0 spiro atoms. The number of aliphatic hydroxyl groups excluding tert-OH is 2. The number of fused-ring (bicyclic) bond motifs is 1. The number of benzene rings is 1. The third kappa shape index (κ3) is 4.08. The highest BCUT2D eigenvalue weighted by molar-refractivity contribution is 5.83. The molecule has 0 saturated heterocycles. The van der Waals surface area contributed by atoms with Gasteiger partial charge in [-0.05, 0) is 0 Å². The molecule has 1 aromatic rings. The number of nitro groups is 1. The van der Waals surface area contributed by atoms with Gasteiger partial charge in [0, 0.05) is 37.1 Å². The van der Waals surface area contributed by atoms with Gasteiger partial charge in [-0.3, -0.25) is 19.7 Å². The first-order valence-corrected chi connectivity index (χ1v) is 7.03. The van der Waals surface area contributed by atoms with E-state index >= 15 is 0 Å². The van der Waals surface area contributed by atoms with Gasteiger partial charge in [0.1, 0.15) is 0 Å². The van der Waals surface area contributed by atoms with Crippen LogP contribution in [-0.4, -0.2) is 39.4 Å². The summed E-state index contributed by atoms with van der Waals surface area (Å²) in [5.74, 6) is -1.06. The van der Waals surface area contributed by atoms with E-state index in [1.54, 1.807) is 0 Å². The average molecular weight is 339 g/mol. The largest absolute Gasteiger partial charge is 0.370 e. The Labute approximate surface area is 136 Å². The molecule has 1 aliphatic rings. The highest BCUT2D eigenvalue weighted by Gasteiger charge is 2.28. The van der Waals surface area contributed by atoms with Gasteiger partial charge < -0.3 is 31.9 Å². The lowest BCUT2D eigenvalue weighted by Crippen LogP contribution is -2.43. The fourth-order valence-corrected chi connectivity index (χ4v) is 2.20. The fraction of sp³-hybridized carbons (Fsp3) is 0.385. The number of hydrogen-bond donors (Lipinski definition) is 6. The molecule has 2 atom stereocenters. The standard InChI is InChI=1S/C13H17N5O6/c14-9(19)1-2-10(20)15-5-6-3-7(18(23)24)4-8-11(6)17-13(22)12(21)16-8/h3-4,12-13,16-17,21-22H,1-2,5H2,(H2,14,19)(H,15,20). The van der Waals surface area contributed by atoms with Gasteiger partial charge in [0.2, 0.25) is 11.8 Å². The van der Waals surface area contributed by atoms with Crippen LogP contribution in [0.5, 0.6) is 0 Å². The maximum Gasteiger partial charge on any atom is 0.271 e. The molecule has 130 valence electrons. The number of nitro benzene ring substituents is 1. The van der Waals surface area contributed by atoms with Crippen molar-refractivity contribution in [3.8, 4) is 0 Å². The van der Waals surface area contributed by atoms with Crippen molar-refractivity contribution in [1.29, 1.82) is 0 Å². The molecule has 1 aliphatic heterocycles. The number of anilines is 2. The molecule has 2 amide bonds. The maximum atomic E-state index is 11.6. The number of primary amides is 1. The zero-order chi connectivity index (χ0) is 17.9. The van der Waals surface area contributed by atoms with Crippen molar-refractivity contribution in [2.24, 2.45) is 5.73 Å². The molecule has 2 rings (SSSR count). The fourth-order valence-electron chi connectivity index (χ4n) is 2.20. The number of non-ortho nitro benzene ring substituents is 1. The molecule has 1 heterocycles. The molecule has 2 unspecified atom stereocenters. The first-order valence-electron chi connectivity index (χ1n) is 7.03. The van der Waals surface area contributed by atoms with Crippen LogP contribution in [0.25, 0.3) is 0 Å². The molecule has 11 nitrogen and oxygen atoms in total. The summed E-state index contributed by atoms with van der Waals surface area (Å²) in [7, 11) is 0. The molecule has 0 aromatic heterocycles. The van der Waals surface area contributed by atoms with Gasteiger partial charge in [0.25, 0.3) is 5.69 Å². The molecular formula is C13H17N5O6. The van der Waals surface area contributed by atoms with Crippen molar-refractivity contribution in [2.45, 2.75) is 31.8 Å². The first-order chi connectivity index (χ1) is 11.3. The van der Waals surface area contributed by atoms with E-state index in [4.69, 9.17) is 5.73 Å². The summed E-state index contributed by atoms with van der Waals surface area (Å²) in [4.78, 5) is 32.7. The van der Waals surface area contributed by atoms with Gasteiger partial charge in [0.15, 0.2) is 12.5 Å². The van der Waals surface area contributed by atoms with Crippen LogP contribution in [0.4, 0.5) is 17.1 Å². The summed E-state index contributed by atoms with van der Waals surface area (Å²) in [6.07, 6.45) is -2.86. The Hall–Kier alpha value is -2.92. The lowest BCUT2D eigenvalue weighted by Gasteiger charge is -2.31. The predicted molar refractivity (Wildman–Crippen MR) is 82.6 cm³/mol. The number of nitrogens with zero attached hydrogens (tertiary/aromatic N) is 1. The van der Waals surface area contributed by atoms with Crippen LogP contribution in [0.1, 0.15) is 18.4 Å². The van der Waals surface area contributed by atoms with Gasteiger partial charge >= 0.3 is 0 Å². The third-order valence-corrected chi connectivity index (χ3v) is 3.38. The van der Waals surface area contributed by atoms with Crippen LogP contribution in [0, 0.1) is 10.1 Å². The van der Waals surface area contributed by atoms with Crippen LogP contribution in [0.3, 0.4) is 0 Å². The minimum Gasteiger partial charge on any atom is -0.370 e. The molecule has 1 aromatic carbocycles. The summed E-state index contributed by atoms with van der Waals surface area (Å²) >= 11 is 0. The minimum absolute atomic E-state index is 0.0703. The van der Waals surface area contributed by atoms with Crippen molar-refractivity contribution >= 4 is 28.9 Å². The van der Waals surface area contributed by atoms with Crippen LogP contribution >= 0.6 is 0 Å². The van der Waals surface area contributed by atoms with Crippen LogP contribution < -0.4 is 21.7 Å². The smallest absolute Gasteiger partial charge is 0.271 e. The van der Waals surface area contributed by atoms with E-state index in [1.165, 1.54) is 12.1 Å². The Morgan fingerprint density at radius 1 is 1.25 bits per heavy atom. The second-order valence-electron chi connectivity index (χ2n) is 5.21. The molecule has 7 N–H and O–H groups in total. The quantitative estimate of drug-likeness (QED) is 0.280. The number of nitrogens with one attached hydrogen (secondary N) is 3. The summed E-state index contributed by atoms with van der Waals surface area (Å²) in [6.45, 7) is -0.0703. The molecule has 0 fully saturated rings. The summed E-state index contributed by atoms with van der Waals surface area (Å²) < 4.78 is 0. The monoisotopic (exact) mass is 339 g/mol. The van der Waals surface area contributed by atoms with Crippen LogP contribution in [0.2, 0.25) is 0 Å². The third-order valence-electron chi connectivity index (χ3n) is 3.38. The van der Waals surface area contributed by atoms with Crippen LogP contribution in [-0.2, 0) is 16.1 Å². The zero-order valence-electron chi connectivity index (χ0n) is 12.5. The van der Waals surface area contributed by atoms with E-state index in [1.807, 2.05) is 0 Å². The number of nitrogens with two attached hydrogens (primary N) is 1. The van der Waals surface area contributed by atoms with E-state index in [2.05, 4.69) is 16.0 Å². The number of rotatable bonds is 6. The van der Waals surface area contributed by atoms with Crippen molar-refractivity contribution < 1.29 is 24.7 Å². The first kappa shape index (κ1) is 17.4. The van der Waals surface area contributed by atoms with E-state index in [-0.39, 0.29) is 30.8 Å². The molecule has 11 heteroatoms. The van der Waals surface area contributed by atoms with Gasteiger partial charge in [-0.25, -0.2) is 0 Å². The van der Waals surface area contributed by atoms with E-state index < -0.39 is 29.2 Å². The maximum absolute atomic E-state index is 11.6. The molecule has 0 bridgehead atoms. The topological polar surface area (TPSA) is 180 Å². The average Bonchev–Trinajstić information content (AvgIpc) is 2.51. The summed E-state index contributed by atoms with van der Waals surface area (Å²) in [6, 6.07) is 2.45. The number of carbonyl (C=O) groups is 2. The second-order valence-corrected chi connectivity index (χ2v) is 5.21. The Morgan fingerprint density at radius 2 is 1.92 bits per heavy atom. The van der Waals surface area contributed by atoms with Crippen molar-refractivity contribution in [2.75, 3.05) is 10.6 Å². The normalized spacial score (nSPS) is 18.8. The highest BCUT2D eigenvalue weighted by atomic mass is 16.6. The highest BCUT2D eigenvalue weighted by Crippen LogP contribution is 2.35. The zero-order valence-corrected chi connectivity index (χ0v) is 12.5.